The molecule has 0 aliphatic carbocycles. The Kier molecular flexibility index (Phi) is 18.2. The lowest BCUT2D eigenvalue weighted by Crippen LogP contribution is -2.20. The van der Waals surface area contributed by atoms with E-state index in [9.17, 15) is 72.0 Å². The molecular weight excluding hydrogens is 1710 g/mol. The van der Waals surface area contributed by atoms with E-state index in [1.54, 1.807) is 84.4 Å². The fraction of sp³-hybridized carbons (Fsp3) is 0.250. The summed E-state index contributed by atoms with van der Waals surface area (Å²) in [5, 5.41) is 21.9. The molecule has 8 aromatic heterocycles. The molecule has 0 fully saturated rings. The SMILES string of the molecule is [2H]N(C(=O)c1sccc1S(=O)(=O)N([2H])c1onc(C([2H])([2H])[2H])c1C)c1c(C)cc(C)cc1C(C)=O.[2H]N(C(=O)c1sccc1S(=O)(=O)N([2H])c1onc(C)c1C([2H])([2H])[2H])c1c(C)cc(C)cc1C(C)=O.[2H]N(C(=O)c1sccc1S(=O)(=O)N([2H])c1onc(C)c1C)c1c(C)cc(C)cc1C(C)=O.[2H]c1c(C(=O)C([2H])([2H])[2H])c(NC(=O)c2sccc2S(=O)(=O)Nc2onc(C([2H])([2H])[2H])c2C([2H])([2H])[2H])c(C([2H])([2H])[2H])c([2H])c1C([2H])([2H])[2H]. The van der Waals surface area contributed by atoms with Gasteiger partial charge in [-0.2, -0.15) is 0 Å². The van der Waals surface area contributed by atoms with Crippen molar-refractivity contribution in [1.29, 1.82) is 0 Å². The van der Waals surface area contributed by atoms with Crippen LogP contribution >= 0.6 is 45.3 Å². The van der Waals surface area contributed by atoms with Gasteiger partial charge >= 0.3 is 0 Å². The largest absolute Gasteiger partial charge is 0.337 e. The minimum Gasteiger partial charge on any atom is -0.337 e. The first-order chi connectivity index (χ1) is 68.0. The third-order valence-electron chi connectivity index (χ3n) is 16.4. The Morgan fingerprint density at radius 1 is 0.358 bits per heavy atom. The molecule has 8 heterocycles. The molecular formula is C80H84N12O20S8. The topological polar surface area (TPSA) is 473 Å². The molecule has 0 saturated heterocycles. The fourth-order valence-electron chi connectivity index (χ4n) is 10.6. The summed E-state index contributed by atoms with van der Waals surface area (Å²) in [5.74, 6) is -10.5. The van der Waals surface area contributed by atoms with E-state index >= 15 is 0 Å². The second-order valence-corrected chi connectivity index (χ2v) is 35.5. The van der Waals surface area contributed by atoms with Crippen LogP contribution in [0.4, 0.5) is 46.3 Å². The quantitative estimate of drug-likeness (QED) is 0.0260. The zero-order valence-corrected chi connectivity index (χ0v) is 71.0. The Morgan fingerprint density at radius 3 is 1.03 bits per heavy atom. The lowest BCUT2D eigenvalue weighted by Gasteiger charge is -2.14. The van der Waals surface area contributed by atoms with Gasteiger partial charge < -0.3 is 39.3 Å². The standard InChI is InChI=1S/4C20H21N3O5S2/c4*1-10-8-11(2)17(15(9-10)14(5)24)21-19(25)18-16(6-7-29-18)30(26,27)23-20-12(3)13(4)22-28-20/h4*6-9,23H,1-5H3,(H,21,25)/i1D3,2D3,3D3,4D3,5D3,8D,9D;4D3;3D3;/hD6. The molecule has 120 heavy (non-hydrogen) atoms. The predicted octanol–water partition coefficient (Wildman–Crippen LogP) is 16.9. The first kappa shape index (κ1) is 58.9. The number of aromatic nitrogens is 4. The highest BCUT2D eigenvalue weighted by molar-refractivity contribution is 7.94. The Hall–Kier alpha value is -11.9. The Bertz CT molecular complexity index is 7850. The predicted molar refractivity (Wildman–Crippen MR) is 460 cm³/mol. The zero-order chi connectivity index (χ0) is 113. The van der Waals surface area contributed by atoms with E-state index in [-0.39, 0.29) is 92.1 Å². The highest BCUT2D eigenvalue weighted by Crippen LogP contribution is 2.36. The van der Waals surface area contributed by atoms with Crippen molar-refractivity contribution in [2.75, 3.05) is 40.1 Å². The van der Waals surface area contributed by atoms with Gasteiger partial charge in [0, 0.05) is 73.3 Å². The number of nitrogens with zero attached hydrogens (tertiary/aromatic N) is 4. The number of anilines is 8. The van der Waals surface area contributed by atoms with Crippen molar-refractivity contribution >= 4 is 178 Å². The maximum Gasteiger partial charge on any atom is 0.267 e. The van der Waals surface area contributed by atoms with Crippen molar-refractivity contribution in [2.24, 2.45) is 0 Å². The lowest BCUT2D eigenvalue weighted by atomic mass is 10.0. The summed E-state index contributed by atoms with van der Waals surface area (Å²) in [6, 6.07) is 11.1. The van der Waals surface area contributed by atoms with Crippen LogP contribution in [0.5, 0.6) is 0 Å². The van der Waals surface area contributed by atoms with Gasteiger partial charge in [0.1, 0.15) is 39.1 Å². The Balaban J connectivity index is 0.000000223. The monoisotopic (exact) mass is 1820 g/mol. The number of thiophene rings is 4. The van der Waals surface area contributed by atoms with E-state index in [1.807, 2.05) is 5.32 Å². The normalized spacial score (nSPS) is 15.6. The number of benzene rings is 4. The average Bonchev–Trinajstić information content (AvgIpc) is 1.62. The average molecular weight is 1820 g/mol. The van der Waals surface area contributed by atoms with Gasteiger partial charge in [-0.15, -0.1) is 45.3 Å². The number of sulfonamides is 4. The van der Waals surface area contributed by atoms with Gasteiger partial charge in [0.2, 0.25) is 23.5 Å². The molecule has 32 nitrogen and oxygen atoms in total. The molecule has 0 unspecified atom stereocenters. The third kappa shape index (κ3) is 21.0. The van der Waals surface area contributed by atoms with Gasteiger partial charge in [-0.25, -0.2) is 52.5 Å². The number of aryl methyl sites for hydroxylation is 10. The van der Waals surface area contributed by atoms with Crippen LogP contribution in [0.2, 0.25) is 8.47 Å². The molecule has 12 rings (SSSR count). The highest BCUT2D eigenvalue weighted by Gasteiger charge is 2.33. The van der Waals surface area contributed by atoms with E-state index < -0.39 is 221 Å². The number of Topliss-reactive ketones (excluding diaryl/α,β-unsaturated/α-hetero) is 4. The summed E-state index contributed by atoms with van der Waals surface area (Å²) >= 11 is 2.66. The second kappa shape index (κ2) is 37.2. The first-order valence-electron chi connectivity index (χ1n) is 47.9. The van der Waals surface area contributed by atoms with Gasteiger partial charge in [0.05, 0.1) is 48.3 Å². The summed E-state index contributed by atoms with van der Waals surface area (Å²) in [4.78, 5) is 98.1. The van der Waals surface area contributed by atoms with Crippen LogP contribution in [-0.2, 0) is 40.1 Å². The second-order valence-electron chi connectivity index (χ2n) is 25.5. The molecule has 4 amide bonds. The van der Waals surface area contributed by atoms with E-state index in [2.05, 4.69) is 25.1 Å². The number of hydrogen-bond acceptors (Lipinski definition) is 28. The van der Waals surface area contributed by atoms with E-state index in [4.69, 9.17) is 53.6 Å². The van der Waals surface area contributed by atoms with E-state index in [0.29, 0.717) is 66.6 Å². The van der Waals surface area contributed by atoms with Gasteiger partial charge in [0.15, 0.2) is 31.6 Å². The molecule has 40 heteroatoms. The smallest absolute Gasteiger partial charge is 0.267 e. The maximum absolute atomic E-state index is 13.5. The molecule has 0 aliphatic rings. The molecule has 12 aromatic rings. The van der Waals surface area contributed by atoms with Crippen LogP contribution in [0.25, 0.3) is 0 Å². The van der Waals surface area contributed by atoms with Gasteiger partial charge in [-0.05, 0) is 253 Å². The minimum absolute atomic E-state index is 0.00289. The van der Waals surface area contributed by atoms with Crippen molar-refractivity contribution in [2.45, 2.75) is 158 Å². The van der Waals surface area contributed by atoms with Gasteiger partial charge in [-0.1, -0.05) is 44.9 Å². The number of ketones is 4. The van der Waals surface area contributed by atoms with Crippen molar-refractivity contribution in [1.82, 2.24) is 20.6 Å². The Morgan fingerprint density at radius 2 is 0.692 bits per heavy atom. The maximum atomic E-state index is 13.5. The van der Waals surface area contributed by atoms with Crippen LogP contribution in [0.15, 0.2) is 132 Å². The molecule has 8 N–H and O–H groups in total. The van der Waals surface area contributed by atoms with Crippen molar-refractivity contribution in [3.05, 3.63) is 226 Å². The summed E-state index contributed by atoms with van der Waals surface area (Å²) in [7, 11) is -19.1. The summed E-state index contributed by atoms with van der Waals surface area (Å²) < 4.78 is 353. The van der Waals surface area contributed by atoms with Gasteiger partial charge in [0.25, 0.3) is 63.7 Å². The fourth-order valence-corrected chi connectivity index (χ4v) is 19.6. The zero-order valence-electron chi connectivity index (χ0n) is 93.5. The van der Waals surface area contributed by atoms with Crippen molar-refractivity contribution < 1.29 is 130 Å². The summed E-state index contributed by atoms with van der Waals surface area (Å²) in [6.45, 7) is -2.64. The Labute approximate surface area is 749 Å². The molecule has 0 spiro atoms. The van der Waals surface area contributed by atoms with Crippen LogP contribution in [0.3, 0.4) is 0 Å². The van der Waals surface area contributed by atoms with Crippen LogP contribution in [0.1, 0.15) is 229 Å². The number of rotatable bonds is 24. The van der Waals surface area contributed by atoms with Crippen molar-refractivity contribution in [3.63, 3.8) is 0 Å². The number of nitrogens with one attached hydrogen (secondary N) is 8. The van der Waals surface area contributed by atoms with Gasteiger partial charge in [-0.3, -0.25) is 38.4 Å². The third-order valence-corrected chi connectivity index (χ3v) is 25.8. The molecule has 632 valence electrons. The number of carbonyl (C=O) groups is 8. The molecule has 0 radical (unpaired) electrons. The lowest BCUT2D eigenvalue weighted by molar-refractivity contribution is 0.100. The molecule has 4 aromatic carbocycles. The molecule has 0 aliphatic heterocycles. The summed E-state index contributed by atoms with van der Waals surface area (Å²) in [5.41, 5.74) is -3.76. The number of amides is 4. The number of hydrogen-bond donors (Lipinski definition) is 8. The molecule has 0 atom stereocenters. The van der Waals surface area contributed by atoms with E-state index in [1.165, 1.54) is 69.0 Å². The van der Waals surface area contributed by atoms with Crippen LogP contribution < -0.4 is 40.1 Å². The van der Waals surface area contributed by atoms with Crippen molar-refractivity contribution in [3.8, 4) is 0 Å². The first-order valence-corrected chi connectivity index (χ1v) is 43.0. The highest BCUT2D eigenvalue weighted by atomic mass is 32.2. The minimum atomic E-state index is -5.07. The van der Waals surface area contributed by atoms with E-state index in [0.717, 1.165) is 62.9 Å². The summed E-state index contributed by atoms with van der Waals surface area (Å²) in [6.07, 6.45) is 0. The molecule has 0 saturated carbocycles. The molecule has 0 bridgehead atoms. The van der Waals surface area contributed by atoms with Crippen LogP contribution in [-0.4, -0.2) is 101 Å². The number of carbonyl (C=O) groups excluding carboxylic acids is 8. The van der Waals surface area contributed by atoms with Crippen LogP contribution in [0, 0.1) is 110 Å².